The van der Waals surface area contributed by atoms with Crippen LogP contribution < -0.4 is 16.0 Å². The molecule has 182 valence electrons. The molecule has 3 rings (SSSR count). The van der Waals surface area contributed by atoms with Crippen molar-refractivity contribution in [2.45, 2.75) is 59.4 Å². The van der Waals surface area contributed by atoms with Gasteiger partial charge in [0.15, 0.2) is 17.0 Å². The topological polar surface area (TPSA) is 105 Å². The van der Waals surface area contributed by atoms with Crippen LogP contribution in [0.5, 0.6) is 0 Å². The van der Waals surface area contributed by atoms with Crippen molar-refractivity contribution in [2.24, 2.45) is 0 Å². The molecule has 9 nitrogen and oxygen atoms in total. The standard InChI is InChI=1S/C19H32N8O.C2H6.CH3Cl/c1-3-4-5-6-10-25(2)15(28)7-11-27-14-22-16-17(23-19(20)24-18(16)27)26-12-8-21-9-13-26;2*1-2/h14,21H,3-13H2,1-2H3,(H2,20,23,24);1-2H3;1H3. The maximum absolute atomic E-state index is 12.4. The lowest BCUT2D eigenvalue weighted by molar-refractivity contribution is -0.130. The second-order valence-electron chi connectivity index (χ2n) is 7.38. The predicted octanol–water partition coefficient (Wildman–Crippen LogP) is 3.13. The van der Waals surface area contributed by atoms with Gasteiger partial charge in [-0.1, -0.05) is 40.0 Å². The minimum Gasteiger partial charge on any atom is -0.368 e. The maximum Gasteiger partial charge on any atom is 0.224 e. The Balaban J connectivity index is 0.00000121. The number of nitrogens with one attached hydrogen (secondary N) is 1. The number of amides is 1. The predicted molar refractivity (Wildman–Crippen MR) is 134 cm³/mol. The number of anilines is 2. The average molecular weight is 469 g/mol. The van der Waals surface area contributed by atoms with Gasteiger partial charge < -0.3 is 25.4 Å². The number of nitrogen functional groups attached to an aromatic ring is 1. The van der Waals surface area contributed by atoms with E-state index in [9.17, 15) is 4.79 Å². The molecule has 3 heterocycles. The van der Waals surface area contributed by atoms with E-state index in [0.29, 0.717) is 18.6 Å². The van der Waals surface area contributed by atoms with E-state index in [1.807, 2.05) is 30.4 Å². The summed E-state index contributed by atoms with van der Waals surface area (Å²) in [5.74, 6) is 1.16. The number of nitrogens with zero attached hydrogens (tertiary/aromatic N) is 6. The average Bonchev–Trinajstić information content (AvgIpc) is 3.25. The number of halogens is 1. The van der Waals surface area contributed by atoms with E-state index < -0.39 is 0 Å². The van der Waals surface area contributed by atoms with Gasteiger partial charge in [0, 0.05) is 59.1 Å². The van der Waals surface area contributed by atoms with Gasteiger partial charge >= 0.3 is 0 Å². The molecule has 0 bridgehead atoms. The highest BCUT2D eigenvalue weighted by atomic mass is 35.5. The lowest BCUT2D eigenvalue weighted by Gasteiger charge is -2.28. The van der Waals surface area contributed by atoms with Gasteiger partial charge in [-0.05, 0) is 6.42 Å². The second-order valence-corrected chi connectivity index (χ2v) is 7.38. The fourth-order valence-electron chi connectivity index (χ4n) is 3.51. The molecule has 1 fully saturated rings. The molecule has 0 spiro atoms. The Bertz CT molecular complexity index is 792. The van der Waals surface area contributed by atoms with Crippen molar-refractivity contribution in [1.29, 1.82) is 0 Å². The van der Waals surface area contributed by atoms with Crippen LogP contribution in [-0.2, 0) is 11.3 Å². The Morgan fingerprint density at radius 2 is 1.88 bits per heavy atom. The van der Waals surface area contributed by atoms with E-state index in [2.05, 4.69) is 43.7 Å². The van der Waals surface area contributed by atoms with Gasteiger partial charge in [0.2, 0.25) is 11.9 Å². The van der Waals surface area contributed by atoms with Crippen molar-refractivity contribution in [1.82, 2.24) is 29.7 Å². The molecule has 32 heavy (non-hydrogen) atoms. The number of unbranched alkanes of at least 4 members (excludes halogenated alkanes) is 3. The Morgan fingerprint density at radius 3 is 2.53 bits per heavy atom. The van der Waals surface area contributed by atoms with Gasteiger partial charge in [-0.3, -0.25) is 4.79 Å². The molecule has 2 aromatic rings. The molecule has 0 unspecified atom stereocenters. The quantitative estimate of drug-likeness (QED) is 0.430. The van der Waals surface area contributed by atoms with Crippen LogP contribution in [0, 0.1) is 0 Å². The van der Waals surface area contributed by atoms with Crippen molar-refractivity contribution < 1.29 is 4.79 Å². The molecular weight excluding hydrogens is 428 g/mol. The minimum absolute atomic E-state index is 0.141. The number of hydrogen-bond acceptors (Lipinski definition) is 7. The summed E-state index contributed by atoms with van der Waals surface area (Å²) in [7, 11) is 1.88. The van der Waals surface area contributed by atoms with Gasteiger partial charge in [-0.2, -0.15) is 9.97 Å². The summed E-state index contributed by atoms with van der Waals surface area (Å²) in [5, 5.41) is 3.33. The van der Waals surface area contributed by atoms with Crippen molar-refractivity contribution in [3.8, 4) is 0 Å². The third-order valence-electron chi connectivity index (χ3n) is 5.22. The van der Waals surface area contributed by atoms with Crippen molar-refractivity contribution in [3.63, 3.8) is 0 Å². The monoisotopic (exact) mass is 468 g/mol. The molecule has 0 aliphatic carbocycles. The minimum atomic E-state index is 0.141. The zero-order valence-corrected chi connectivity index (χ0v) is 21.2. The number of nitrogens with two attached hydrogens (primary N) is 1. The Labute approximate surface area is 197 Å². The first kappa shape index (κ1) is 27.9. The summed E-state index contributed by atoms with van der Waals surface area (Å²) in [6, 6.07) is 0. The van der Waals surface area contributed by atoms with E-state index in [-0.39, 0.29) is 11.9 Å². The molecule has 1 aliphatic heterocycles. The number of imidazole rings is 1. The first-order valence-electron chi connectivity index (χ1n) is 11.7. The van der Waals surface area contributed by atoms with E-state index >= 15 is 0 Å². The summed E-state index contributed by atoms with van der Waals surface area (Å²) in [4.78, 5) is 29.8. The number of rotatable bonds is 9. The summed E-state index contributed by atoms with van der Waals surface area (Å²) in [5.41, 5.74) is 7.40. The molecule has 1 aliphatic rings. The van der Waals surface area contributed by atoms with Crippen molar-refractivity contribution in [2.75, 3.05) is 56.8 Å². The second kappa shape index (κ2) is 15.6. The third kappa shape index (κ3) is 8.09. The molecule has 2 aromatic heterocycles. The van der Waals surface area contributed by atoms with Crippen LogP contribution in [0.4, 0.5) is 11.8 Å². The number of piperazine rings is 1. The molecule has 1 amide bonds. The summed E-state index contributed by atoms with van der Waals surface area (Å²) < 4.78 is 1.90. The molecule has 10 heteroatoms. The van der Waals surface area contributed by atoms with Gasteiger partial charge in [-0.25, -0.2) is 4.98 Å². The number of carbonyl (C=O) groups excluding carboxylic acids is 1. The van der Waals surface area contributed by atoms with Crippen LogP contribution in [0.15, 0.2) is 6.33 Å². The highest BCUT2D eigenvalue weighted by Crippen LogP contribution is 2.24. The number of alkyl halides is 1. The van der Waals surface area contributed by atoms with E-state index in [1.54, 1.807) is 6.33 Å². The molecule has 0 atom stereocenters. The molecule has 1 saturated heterocycles. The first-order valence-corrected chi connectivity index (χ1v) is 12.4. The van der Waals surface area contributed by atoms with Gasteiger partial charge in [-0.15, -0.1) is 11.6 Å². The molecule has 0 radical (unpaired) electrons. The smallest absolute Gasteiger partial charge is 0.224 e. The van der Waals surface area contributed by atoms with Crippen molar-refractivity contribution in [3.05, 3.63) is 6.33 Å². The fraction of sp³-hybridized carbons (Fsp3) is 0.727. The molecule has 3 N–H and O–H groups in total. The number of aryl methyl sites for hydroxylation is 1. The number of aromatic nitrogens is 4. The van der Waals surface area contributed by atoms with Gasteiger partial charge in [0.1, 0.15) is 0 Å². The number of hydrogen-bond donors (Lipinski definition) is 2. The largest absolute Gasteiger partial charge is 0.368 e. The normalized spacial score (nSPS) is 13.1. The van der Waals surface area contributed by atoms with Crippen LogP contribution in [0.3, 0.4) is 0 Å². The third-order valence-corrected chi connectivity index (χ3v) is 5.22. The first-order chi connectivity index (χ1) is 15.6. The molecule has 0 aromatic carbocycles. The van der Waals surface area contributed by atoms with Crippen LogP contribution in [0.1, 0.15) is 52.9 Å². The Hall–Kier alpha value is -2.13. The van der Waals surface area contributed by atoms with Crippen LogP contribution in [0.2, 0.25) is 0 Å². The zero-order chi connectivity index (χ0) is 23.9. The maximum atomic E-state index is 12.4. The SMILES string of the molecule is CC.CCCCCCN(C)C(=O)CCn1cnc2c(N3CCNCC3)nc(N)nc21.CCl. The number of carbonyl (C=O) groups is 1. The molecule has 0 saturated carbocycles. The van der Waals surface area contributed by atoms with Crippen LogP contribution >= 0.6 is 11.6 Å². The zero-order valence-electron chi connectivity index (χ0n) is 20.4. The Kier molecular flexibility index (Phi) is 13.6. The van der Waals surface area contributed by atoms with Crippen LogP contribution in [-0.4, -0.2) is 76.5 Å². The summed E-state index contributed by atoms with van der Waals surface area (Å²) in [6.45, 7) is 11.1. The van der Waals surface area contributed by atoms with Gasteiger partial charge in [0.05, 0.1) is 6.33 Å². The lowest BCUT2D eigenvalue weighted by Crippen LogP contribution is -2.44. The van der Waals surface area contributed by atoms with Gasteiger partial charge in [0.25, 0.3) is 0 Å². The van der Waals surface area contributed by atoms with E-state index in [0.717, 1.165) is 50.5 Å². The lowest BCUT2D eigenvalue weighted by atomic mass is 10.2. The fourth-order valence-corrected chi connectivity index (χ4v) is 3.51. The van der Waals surface area contributed by atoms with E-state index in [1.165, 1.54) is 25.6 Å². The highest BCUT2D eigenvalue weighted by Gasteiger charge is 2.20. The summed E-state index contributed by atoms with van der Waals surface area (Å²) in [6.07, 6.45) is 8.28. The van der Waals surface area contributed by atoms with Crippen molar-refractivity contribution >= 4 is 40.4 Å². The van der Waals surface area contributed by atoms with Crippen LogP contribution in [0.25, 0.3) is 11.2 Å². The Morgan fingerprint density at radius 1 is 1.19 bits per heavy atom. The highest BCUT2D eigenvalue weighted by molar-refractivity contribution is 6.15. The number of fused-ring (bicyclic) bond motifs is 1. The molecular formula is C22H41ClN8O. The van der Waals surface area contributed by atoms with E-state index in [4.69, 9.17) is 5.73 Å². The summed E-state index contributed by atoms with van der Waals surface area (Å²) >= 11 is 4.64.